The second-order valence-corrected chi connectivity index (χ2v) is 6.18. The molecular formula is C16H15BrN4O. The van der Waals surface area contributed by atoms with Crippen LogP contribution in [0, 0.1) is 0 Å². The molecule has 2 aromatic heterocycles. The summed E-state index contributed by atoms with van der Waals surface area (Å²) in [4.78, 5) is 6.74. The molecule has 5 nitrogen and oxygen atoms in total. The molecule has 0 saturated carbocycles. The average molecular weight is 359 g/mol. The fraction of sp³-hybridized carbons (Fsp3) is 0.250. The number of halogens is 1. The van der Waals surface area contributed by atoms with Crippen molar-refractivity contribution >= 4 is 32.7 Å². The molecule has 0 unspecified atom stereocenters. The number of aromatic nitrogens is 3. The number of hydrogen-bond acceptors (Lipinski definition) is 4. The summed E-state index contributed by atoms with van der Waals surface area (Å²) in [7, 11) is 0. The second kappa shape index (κ2) is 5.70. The van der Waals surface area contributed by atoms with E-state index in [1.807, 2.05) is 24.4 Å². The Morgan fingerprint density at radius 2 is 2.00 bits per heavy atom. The average Bonchev–Trinajstić information content (AvgIpc) is 2.99. The minimum atomic E-state index is 0.754. The molecule has 0 spiro atoms. The Kier molecular flexibility index (Phi) is 3.56. The van der Waals surface area contributed by atoms with Crippen molar-refractivity contribution in [3.63, 3.8) is 0 Å². The lowest BCUT2D eigenvalue weighted by molar-refractivity contribution is 0.122. The van der Waals surface area contributed by atoms with Gasteiger partial charge in [-0.05, 0) is 30.3 Å². The maximum Gasteiger partial charge on any atom is 0.129 e. The van der Waals surface area contributed by atoms with E-state index in [1.54, 1.807) is 0 Å². The SMILES string of the molecule is Brc1ccc2[nH]nc(-c3ccnc(N4CCOCC4)c3)c2c1. The lowest BCUT2D eigenvalue weighted by Crippen LogP contribution is -2.36. The maximum atomic E-state index is 5.40. The molecule has 3 aromatic rings. The van der Waals surface area contributed by atoms with Gasteiger partial charge < -0.3 is 9.64 Å². The number of nitrogens with zero attached hydrogens (tertiary/aromatic N) is 3. The Labute approximate surface area is 136 Å². The Morgan fingerprint density at radius 1 is 1.14 bits per heavy atom. The van der Waals surface area contributed by atoms with Crippen LogP contribution < -0.4 is 4.90 Å². The minimum Gasteiger partial charge on any atom is -0.378 e. The van der Waals surface area contributed by atoms with Crippen LogP contribution in [0.15, 0.2) is 41.0 Å². The van der Waals surface area contributed by atoms with Crippen molar-refractivity contribution in [3.05, 3.63) is 41.0 Å². The van der Waals surface area contributed by atoms with Gasteiger partial charge in [0.15, 0.2) is 0 Å². The topological polar surface area (TPSA) is 54.0 Å². The molecule has 0 bridgehead atoms. The monoisotopic (exact) mass is 358 g/mol. The van der Waals surface area contributed by atoms with Gasteiger partial charge in [0.2, 0.25) is 0 Å². The third-order valence-electron chi connectivity index (χ3n) is 3.88. The van der Waals surface area contributed by atoms with Crippen LogP contribution in [0.4, 0.5) is 5.82 Å². The number of fused-ring (bicyclic) bond motifs is 1. The van der Waals surface area contributed by atoms with Gasteiger partial charge in [-0.25, -0.2) is 4.98 Å². The Morgan fingerprint density at radius 3 is 2.86 bits per heavy atom. The van der Waals surface area contributed by atoms with E-state index < -0.39 is 0 Å². The van der Waals surface area contributed by atoms with Gasteiger partial charge >= 0.3 is 0 Å². The van der Waals surface area contributed by atoms with Gasteiger partial charge in [-0.1, -0.05) is 15.9 Å². The number of benzene rings is 1. The zero-order valence-electron chi connectivity index (χ0n) is 11.9. The molecule has 0 atom stereocenters. The number of anilines is 1. The summed E-state index contributed by atoms with van der Waals surface area (Å²) in [5.41, 5.74) is 3.05. The van der Waals surface area contributed by atoms with Crippen LogP contribution in [-0.2, 0) is 4.74 Å². The molecule has 1 saturated heterocycles. The summed E-state index contributed by atoms with van der Waals surface area (Å²) in [6.45, 7) is 3.26. The van der Waals surface area contributed by atoms with Crippen molar-refractivity contribution in [2.75, 3.05) is 31.2 Å². The van der Waals surface area contributed by atoms with E-state index in [1.165, 1.54) is 0 Å². The number of morpholine rings is 1. The molecule has 0 amide bonds. The molecular weight excluding hydrogens is 344 g/mol. The first-order valence-electron chi connectivity index (χ1n) is 7.24. The third-order valence-corrected chi connectivity index (χ3v) is 4.37. The van der Waals surface area contributed by atoms with Gasteiger partial charge in [0.05, 0.1) is 18.7 Å². The molecule has 22 heavy (non-hydrogen) atoms. The highest BCUT2D eigenvalue weighted by Crippen LogP contribution is 2.30. The summed E-state index contributed by atoms with van der Waals surface area (Å²) in [6.07, 6.45) is 1.85. The summed E-state index contributed by atoms with van der Waals surface area (Å²) < 4.78 is 6.45. The first kappa shape index (κ1) is 13.7. The molecule has 0 radical (unpaired) electrons. The number of H-pyrrole nitrogens is 1. The molecule has 1 aliphatic rings. The van der Waals surface area contributed by atoms with Gasteiger partial charge in [-0.3, -0.25) is 5.10 Å². The fourth-order valence-electron chi connectivity index (χ4n) is 2.74. The molecule has 112 valence electrons. The van der Waals surface area contributed by atoms with Crippen molar-refractivity contribution in [1.29, 1.82) is 0 Å². The number of ether oxygens (including phenoxy) is 1. The number of aromatic amines is 1. The van der Waals surface area contributed by atoms with Crippen molar-refractivity contribution in [2.45, 2.75) is 0 Å². The number of pyridine rings is 1. The lowest BCUT2D eigenvalue weighted by atomic mass is 10.1. The number of rotatable bonds is 2. The van der Waals surface area contributed by atoms with Gasteiger partial charge in [-0.2, -0.15) is 5.10 Å². The molecule has 1 aromatic carbocycles. The molecule has 1 aliphatic heterocycles. The van der Waals surface area contributed by atoms with Gasteiger partial charge in [0.1, 0.15) is 11.5 Å². The number of nitrogens with one attached hydrogen (secondary N) is 1. The summed E-state index contributed by atoms with van der Waals surface area (Å²) >= 11 is 3.52. The number of hydrogen-bond donors (Lipinski definition) is 1. The van der Waals surface area contributed by atoms with Crippen molar-refractivity contribution < 1.29 is 4.74 Å². The van der Waals surface area contributed by atoms with Crippen LogP contribution >= 0.6 is 15.9 Å². The molecule has 1 N–H and O–H groups in total. The highest BCUT2D eigenvalue weighted by atomic mass is 79.9. The Hall–Kier alpha value is -1.92. The van der Waals surface area contributed by atoms with Gasteiger partial charge in [0.25, 0.3) is 0 Å². The quantitative estimate of drug-likeness (QED) is 0.763. The van der Waals surface area contributed by atoms with E-state index in [0.29, 0.717) is 0 Å². The zero-order chi connectivity index (χ0) is 14.9. The van der Waals surface area contributed by atoms with E-state index >= 15 is 0 Å². The second-order valence-electron chi connectivity index (χ2n) is 5.26. The third kappa shape index (κ3) is 2.48. The summed E-state index contributed by atoms with van der Waals surface area (Å²) in [5, 5.41) is 8.67. The zero-order valence-corrected chi connectivity index (χ0v) is 13.5. The van der Waals surface area contributed by atoms with Crippen LogP contribution in [0.3, 0.4) is 0 Å². The van der Waals surface area contributed by atoms with Crippen LogP contribution in [0.1, 0.15) is 0 Å². The van der Waals surface area contributed by atoms with E-state index in [2.05, 4.69) is 48.1 Å². The van der Waals surface area contributed by atoms with Crippen LogP contribution in [0.2, 0.25) is 0 Å². The van der Waals surface area contributed by atoms with E-state index in [4.69, 9.17) is 4.74 Å². The smallest absolute Gasteiger partial charge is 0.129 e. The lowest BCUT2D eigenvalue weighted by Gasteiger charge is -2.27. The summed E-state index contributed by atoms with van der Waals surface area (Å²) in [6, 6.07) is 10.2. The molecule has 3 heterocycles. The molecule has 6 heteroatoms. The fourth-order valence-corrected chi connectivity index (χ4v) is 3.10. The minimum absolute atomic E-state index is 0.754. The normalized spacial score (nSPS) is 15.4. The van der Waals surface area contributed by atoms with Gasteiger partial charge in [0, 0.05) is 34.7 Å². The van der Waals surface area contributed by atoms with Crippen LogP contribution in [-0.4, -0.2) is 41.5 Å². The standard InChI is InChI=1S/C16H15BrN4O/c17-12-1-2-14-13(10-12)16(20-19-14)11-3-4-18-15(9-11)21-5-7-22-8-6-21/h1-4,9-10H,5-8H2,(H,19,20). The van der Waals surface area contributed by atoms with Crippen LogP contribution in [0.5, 0.6) is 0 Å². The van der Waals surface area contributed by atoms with Crippen molar-refractivity contribution in [1.82, 2.24) is 15.2 Å². The van der Waals surface area contributed by atoms with Crippen molar-refractivity contribution in [3.8, 4) is 11.3 Å². The highest BCUT2D eigenvalue weighted by molar-refractivity contribution is 9.10. The van der Waals surface area contributed by atoms with E-state index in [-0.39, 0.29) is 0 Å². The van der Waals surface area contributed by atoms with E-state index in [0.717, 1.165) is 58.8 Å². The molecule has 4 rings (SSSR count). The first-order chi connectivity index (χ1) is 10.8. The summed E-state index contributed by atoms with van der Waals surface area (Å²) in [5.74, 6) is 0.979. The van der Waals surface area contributed by atoms with Gasteiger partial charge in [-0.15, -0.1) is 0 Å². The Bertz CT molecular complexity index is 811. The van der Waals surface area contributed by atoms with E-state index in [9.17, 15) is 0 Å². The molecule has 0 aliphatic carbocycles. The maximum absolute atomic E-state index is 5.40. The highest BCUT2D eigenvalue weighted by Gasteiger charge is 2.15. The predicted octanol–water partition coefficient (Wildman–Crippen LogP) is 3.22. The van der Waals surface area contributed by atoms with Crippen LogP contribution in [0.25, 0.3) is 22.2 Å². The van der Waals surface area contributed by atoms with Crippen molar-refractivity contribution in [2.24, 2.45) is 0 Å². The largest absolute Gasteiger partial charge is 0.378 e. The molecule has 1 fully saturated rings. The predicted molar refractivity (Wildman–Crippen MR) is 90.1 cm³/mol. The Balaban J connectivity index is 1.76. The first-order valence-corrected chi connectivity index (χ1v) is 8.03.